The molecule has 92 valence electrons. The van der Waals surface area contributed by atoms with Crippen LogP contribution >= 0.6 is 0 Å². The van der Waals surface area contributed by atoms with Crippen LogP contribution in [0.3, 0.4) is 0 Å². The summed E-state index contributed by atoms with van der Waals surface area (Å²) < 4.78 is 12.1. The Morgan fingerprint density at radius 3 is 2.88 bits per heavy atom. The topological polar surface area (TPSA) is 61.2 Å². The predicted molar refractivity (Wildman–Crippen MR) is 60.3 cm³/mol. The fourth-order valence-electron chi connectivity index (χ4n) is 1.25. The first-order valence-corrected chi connectivity index (χ1v) is 5.45. The molecular formula is C10H20N4O2. The van der Waals surface area contributed by atoms with Crippen molar-refractivity contribution in [1.82, 2.24) is 20.1 Å². The summed E-state index contributed by atoms with van der Waals surface area (Å²) in [5.41, 5.74) is 0. The smallest absolute Gasteiger partial charge is 0.133 e. The first kappa shape index (κ1) is 13.1. The van der Waals surface area contributed by atoms with Crippen molar-refractivity contribution >= 4 is 0 Å². The number of hydrogen-bond donors (Lipinski definition) is 1. The Balaban J connectivity index is 1.91. The molecule has 0 atom stereocenters. The number of nitrogens with zero attached hydrogens (tertiary/aromatic N) is 3. The van der Waals surface area contributed by atoms with Crippen molar-refractivity contribution in [2.45, 2.75) is 6.42 Å². The van der Waals surface area contributed by atoms with E-state index >= 15 is 0 Å². The highest BCUT2D eigenvalue weighted by Gasteiger charge is 1.98. The molecule has 0 aliphatic carbocycles. The highest BCUT2D eigenvalue weighted by atomic mass is 16.5. The summed E-state index contributed by atoms with van der Waals surface area (Å²) in [6.45, 7) is 3.75. The third-order valence-electron chi connectivity index (χ3n) is 2.19. The summed E-state index contributed by atoms with van der Waals surface area (Å²) in [6, 6.07) is 0. The van der Waals surface area contributed by atoms with Gasteiger partial charge in [-0.25, -0.2) is 0 Å². The van der Waals surface area contributed by atoms with E-state index in [4.69, 9.17) is 9.47 Å². The second-order valence-electron chi connectivity index (χ2n) is 3.46. The fraction of sp³-hybridized carbons (Fsp3) is 0.800. The van der Waals surface area contributed by atoms with E-state index in [1.165, 1.54) is 0 Å². The lowest BCUT2D eigenvalue weighted by molar-refractivity contribution is 0.0721. The maximum atomic E-state index is 5.31. The molecule has 0 unspecified atom stereocenters. The second-order valence-corrected chi connectivity index (χ2v) is 3.46. The molecule has 0 aliphatic heterocycles. The lowest BCUT2D eigenvalue weighted by atomic mass is 10.4. The summed E-state index contributed by atoms with van der Waals surface area (Å²) in [5, 5.41) is 11.1. The van der Waals surface area contributed by atoms with Crippen LogP contribution in [-0.4, -0.2) is 54.8 Å². The molecule has 0 bridgehead atoms. The van der Waals surface area contributed by atoms with Gasteiger partial charge in [0.2, 0.25) is 0 Å². The average Bonchev–Trinajstić information content (AvgIpc) is 2.68. The summed E-state index contributed by atoms with van der Waals surface area (Å²) in [5.74, 6) is 0.993. The third-order valence-corrected chi connectivity index (χ3v) is 2.19. The summed E-state index contributed by atoms with van der Waals surface area (Å²) >= 11 is 0. The average molecular weight is 228 g/mol. The largest absolute Gasteiger partial charge is 0.382 e. The zero-order valence-corrected chi connectivity index (χ0v) is 9.98. The van der Waals surface area contributed by atoms with Gasteiger partial charge < -0.3 is 19.4 Å². The lowest BCUT2D eigenvalue weighted by Gasteiger charge is -2.05. The highest BCUT2D eigenvalue weighted by molar-refractivity contribution is 4.84. The molecule has 0 aromatic carbocycles. The Hall–Kier alpha value is -0.980. The van der Waals surface area contributed by atoms with Gasteiger partial charge in [0.15, 0.2) is 0 Å². The number of ether oxygens (including phenoxy) is 2. The van der Waals surface area contributed by atoms with E-state index in [-0.39, 0.29) is 0 Å². The molecule has 6 heteroatoms. The van der Waals surface area contributed by atoms with E-state index in [1.54, 1.807) is 13.4 Å². The van der Waals surface area contributed by atoms with Crippen molar-refractivity contribution in [3.8, 4) is 0 Å². The minimum Gasteiger partial charge on any atom is -0.382 e. The normalized spacial score (nSPS) is 10.9. The van der Waals surface area contributed by atoms with Gasteiger partial charge >= 0.3 is 0 Å². The van der Waals surface area contributed by atoms with E-state index in [2.05, 4.69) is 15.5 Å². The molecule has 1 aromatic rings. The van der Waals surface area contributed by atoms with Gasteiger partial charge in [0, 0.05) is 33.7 Å². The number of nitrogens with one attached hydrogen (secondary N) is 1. The molecule has 0 aliphatic rings. The van der Waals surface area contributed by atoms with Crippen LogP contribution in [0.25, 0.3) is 0 Å². The van der Waals surface area contributed by atoms with Crippen LogP contribution in [0.4, 0.5) is 0 Å². The molecular weight excluding hydrogens is 208 g/mol. The van der Waals surface area contributed by atoms with Crippen LogP contribution in [0.2, 0.25) is 0 Å². The number of methoxy groups -OCH3 is 1. The van der Waals surface area contributed by atoms with E-state index < -0.39 is 0 Å². The maximum absolute atomic E-state index is 5.31. The minimum absolute atomic E-state index is 0.652. The van der Waals surface area contributed by atoms with Crippen molar-refractivity contribution < 1.29 is 9.47 Å². The van der Waals surface area contributed by atoms with E-state index in [9.17, 15) is 0 Å². The molecule has 0 spiro atoms. The van der Waals surface area contributed by atoms with Crippen LogP contribution < -0.4 is 5.32 Å². The Labute approximate surface area is 96.0 Å². The second kappa shape index (κ2) is 8.20. The van der Waals surface area contributed by atoms with Gasteiger partial charge in [-0.3, -0.25) is 0 Å². The quantitative estimate of drug-likeness (QED) is 0.583. The predicted octanol–water partition coefficient (Wildman–Crippen LogP) is -0.390. The van der Waals surface area contributed by atoms with Crippen LogP contribution in [0.1, 0.15) is 5.82 Å². The molecule has 0 amide bonds. The molecule has 6 nitrogen and oxygen atoms in total. The lowest BCUT2D eigenvalue weighted by Crippen LogP contribution is -2.23. The van der Waals surface area contributed by atoms with Gasteiger partial charge in [0.1, 0.15) is 12.2 Å². The van der Waals surface area contributed by atoms with E-state index in [0.717, 1.165) is 25.3 Å². The molecule has 0 saturated heterocycles. The zero-order chi connectivity index (χ0) is 11.6. The summed E-state index contributed by atoms with van der Waals surface area (Å²) in [7, 11) is 3.62. The van der Waals surface area contributed by atoms with Crippen LogP contribution in [0.5, 0.6) is 0 Å². The number of aromatic nitrogens is 3. The molecule has 1 rings (SSSR count). The van der Waals surface area contributed by atoms with Gasteiger partial charge in [-0.05, 0) is 0 Å². The van der Waals surface area contributed by atoms with Crippen LogP contribution in [0.15, 0.2) is 6.33 Å². The number of hydrogen-bond acceptors (Lipinski definition) is 5. The minimum atomic E-state index is 0.652. The molecule has 0 radical (unpaired) electrons. The number of aryl methyl sites for hydroxylation is 1. The molecule has 0 saturated carbocycles. The molecule has 1 heterocycles. The molecule has 1 aromatic heterocycles. The Morgan fingerprint density at radius 1 is 1.31 bits per heavy atom. The van der Waals surface area contributed by atoms with Crippen molar-refractivity contribution in [3.05, 3.63) is 12.2 Å². The molecule has 1 N–H and O–H groups in total. The van der Waals surface area contributed by atoms with Crippen molar-refractivity contribution in [2.75, 3.05) is 40.0 Å². The van der Waals surface area contributed by atoms with Gasteiger partial charge in [-0.1, -0.05) is 0 Å². The van der Waals surface area contributed by atoms with Crippen molar-refractivity contribution in [2.24, 2.45) is 7.05 Å². The first-order valence-electron chi connectivity index (χ1n) is 5.45. The van der Waals surface area contributed by atoms with Gasteiger partial charge in [-0.2, -0.15) is 0 Å². The SMILES string of the molecule is COCCOCCNCCc1nncn1C. The van der Waals surface area contributed by atoms with Gasteiger partial charge in [-0.15, -0.1) is 10.2 Å². The Bertz CT molecular complexity index is 278. The van der Waals surface area contributed by atoms with Gasteiger partial charge in [0.25, 0.3) is 0 Å². The Kier molecular flexibility index (Phi) is 6.71. The van der Waals surface area contributed by atoms with Crippen LogP contribution in [-0.2, 0) is 22.9 Å². The monoisotopic (exact) mass is 228 g/mol. The van der Waals surface area contributed by atoms with Gasteiger partial charge in [0.05, 0.1) is 19.8 Å². The maximum Gasteiger partial charge on any atom is 0.133 e. The van der Waals surface area contributed by atoms with Crippen molar-refractivity contribution in [1.29, 1.82) is 0 Å². The molecule has 16 heavy (non-hydrogen) atoms. The van der Waals surface area contributed by atoms with Crippen LogP contribution in [0, 0.1) is 0 Å². The zero-order valence-electron chi connectivity index (χ0n) is 9.98. The first-order chi connectivity index (χ1) is 7.84. The fourth-order valence-corrected chi connectivity index (χ4v) is 1.25. The van der Waals surface area contributed by atoms with Crippen molar-refractivity contribution in [3.63, 3.8) is 0 Å². The molecule has 0 fully saturated rings. The Morgan fingerprint density at radius 2 is 2.19 bits per heavy atom. The third kappa shape index (κ3) is 5.20. The van der Waals surface area contributed by atoms with E-state index in [1.807, 2.05) is 11.6 Å². The summed E-state index contributed by atoms with van der Waals surface area (Å²) in [6.07, 6.45) is 2.60. The standard InChI is InChI=1S/C10H20N4O2/c1-14-9-12-13-10(14)3-4-11-5-6-16-8-7-15-2/h9,11H,3-8H2,1-2H3. The van der Waals surface area contributed by atoms with E-state index in [0.29, 0.717) is 19.8 Å². The highest BCUT2D eigenvalue weighted by Crippen LogP contribution is 1.90. The summed E-state index contributed by atoms with van der Waals surface area (Å²) in [4.78, 5) is 0. The number of rotatable bonds is 9.